The smallest absolute Gasteiger partial charge is 0.261 e. The lowest BCUT2D eigenvalue weighted by Gasteiger charge is -2.18. The number of carbonyl (C=O) groups is 4. The van der Waals surface area contributed by atoms with E-state index in [0.29, 0.717) is 44.8 Å². The zero-order valence-electron chi connectivity index (χ0n) is 15.1. The van der Waals surface area contributed by atoms with Crippen LogP contribution in [0.5, 0.6) is 0 Å². The van der Waals surface area contributed by atoms with Crippen LogP contribution in [-0.2, 0) is 0 Å². The molecule has 3 aromatic rings. The van der Waals surface area contributed by atoms with Crippen molar-refractivity contribution < 1.29 is 19.2 Å². The second kappa shape index (κ2) is 6.72. The highest BCUT2D eigenvalue weighted by Crippen LogP contribution is 2.30. The number of amides is 2. The summed E-state index contributed by atoms with van der Waals surface area (Å²) in [4.78, 5) is 46.6. The van der Waals surface area contributed by atoms with Gasteiger partial charge in [0.2, 0.25) is 0 Å². The molecule has 0 radical (unpaired) electrons. The minimum Gasteiger partial charge on any atom is -0.398 e. The number of anilines is 2. The molecule has 29 heavy (non-hydrogen) atoms. The van der Waals surface area contributed by atoms with Gasteiger partial charge in [0, 0.05) is 28.1 Å². The fourth-order valence-corrected chi connectivity index (χ4v) is 3.42. The molecule has 0 aromatic heterocycles. The van der Waals surface area contributed by atoms with Crippen LogP contribution in [0.4, 0.5) is 11.4 Å². The Kier molecular flexibility index (Phi) is 4.20. The van der Waals surface area contributed by atoms with Gasteiger partial charge in [-0.05, 0) is 18.2 Å². The van der Waals surface area contributed by atoms with Crippen molar-refractivity contribution in [3.05, 3.63) is 94.0 Å². The Morgan fingerprint density at radius 2 is 1.03 bits per heavy atom. The van der Waals surface area contributed by atoms with Crippen LogP contribution >= 0.6 is 0 Å². The maximum atomic E-state index is 12.2. The molecule has 5 rings (SSSR count). The first kappa shape index (κ1) is 18.1. The molecule has 5 N–H and O–H groups in total. The molecule has 2 aliphatic rings. The molecule has 0 atom stereocenters. The van der Waals surface area contributed by atoms with Gasteiger partial charge in [0.1, 0.15) is 0 Å². The molecule has 0 unspecified atom stereocenters. The summed E-state index contributed by atoms with van der Waals surface area (Å²) in [5.74, 6) is -1.09. The van der Waals surface area contributed by atoms with Crippen molar-refractivity contribution in [2.24, 2.45) is 0 Å². The molecular formula is C22H15N3O4. The third-order valence-corrected chi connectivity index (χ3v) is 4.78. The van der Waals surface area contributed by atoms with E-state index in [1.165, 1.54) is 0 Å². The second-order valence-electron chi connectivity index (χ2n) is 6.53. The van der Waals surface area contributed by atoms with Crippen molar-refractivity contribution in [2.45, 2.75) is 0 Å². The van der Waals surface area contributed by atoms with Crippen LogP contribution in [0, 0.1) is 0 Å². The van der Waals surface area contributed by atoms with E-state index in [2.05, 4.69) is 5.32 Å². The number of hydrogen-bond acceptors (Lipinski definition) is 6. The number of ketones is 2. The first-order valence-electron chi connectivity index (χ1n) is 8.71. The maximum Gasteiger partial charge on any atom is 0.261 e. The van der Waals surface area contributed by atoms with E-state index in [1.807, 2.05) is 0 Å². The lowest BCUT2D eigenvalue weighted by atomic mass is 9.83. The van der Waals surface area contributed by atoms with Crippen LogP contribution in [0.2, 0.25) is 0 Å². The number of imide groups is 1. The van der Waals surface area contributed by atoms with Crippen LogP contribution < -0.4 is 16.8 Å². The monoisotopic (exact) mass is 385 g/mol. The number of nitrogen functional groups attached to an aromatic ring is 2. The van der Waals surface area contributed by atoms with Crippen LogP contribution in [0.1, 0.15) is 52.6 Å². The number of hydrogen-bond donors (Lipinski definition) is 3. The molecule has 0 bridgehead atoms. The van der Waals surface area contributed by atoms with Crippen LogP contribution in [0.25, 0.3) is 0 Å². The molecule has 0 fully saturated rings. The van der Waals surface area contributed by atoms with Crippen molar-refractivity contribution in [3.63, 3.8) is 0 Å². The van der Waals surface area contributed by atoms with Gasteiger partial charge in [-0.1, -0.05) is 42.5 Å². The maximum absolute atomic E-state index is 12.2. The van der Waals surface area contributed by atoms with Crippen molar-refractivity contribution in [2.75, 3.05) is 11.5 Å². The van der Waals surface area contributed by atoms with Gasteiger partial charge in [0.25, 0.3) is 11.8 Å². The summed E-state index contributed by atoms with van der Waals surface area (Å²) >= 11 is 0. The summed E-state index contributed by atoms with van der Waals surface area (Å²) in [5, 5.41) is 2.17. The zero-order valence-corrected chi connectivity index (χ0v) is 15.1. The molecule has 0 saturated carbocycles. The van der Waals surface area contributed by atoms with Crippen molar-refractivity contribution in [1.29, 1.82) is 0 Å². The Morgan fingerprint density at radius 3 is 1.66 bits per heavy atom. The number of rotatable bonds is 0. The highest BCUT2D eigenvalue weighted by atomic mass is 16.2. The molecule has 1 aliphatic carbocycles. The number of benzene rings is 3. The Labute approximate surface area is 165 Å². The minimum absolute atomic E-state index is 0.137. The van der Waals surface area contributed by atoms with E-state index >= 15 is 0 Å². The van der Waals surface area contributed by atoms with Gasteiger partial charge in [-0.3, -0.25) is 24.5 Å². The summed E-state index contributed by atoms with van der Waals surface area (Å²) in [5.41, 5.74) is 14.3. The molecule has 0 spiro atoms. The topological polar surface area (TPSA) is 132 Å². The first-order valence-corrected chi connectivity index (χ1v) is 8.71. The molecule has 2 amide bonds. The fraction of sp³-hybridized carbons (Fsp3) is 0. The third kappa shape index (κ3) is 2.85. The lowest BCUT2D eigenvalue weighted by molar-refractivity contribution is 0.0878. The van der Waals surface area contributed by atoms with Gasteiger partial charge in [0.05, 0.1) is 16.7 Å². The standard InChI is InChI=1S/C14H9NO2.C8H6N2O2/c15-11-7-3-6-10-12(11)14(17)9-5-2-1-4-8(9)13(10)16;9-5-3-1-2-4-6(5)8(12)10-7(4)11/h1-7H,15H2;1-3H,9H2,(H,10,11,12). The largest absolute Gasteiger partial charge is 0.398 e. The SMILES string of the molecule is Nc1cccc2c1C(=O)NC2=O.Nc1cccc2c1C(=O)c1ccccc1C2=O. The Bertz CT molecular complexity index is 1230. The average Bonchev–Trinajstić information content (AvgIpc) is 3.01. The lowest BCUT2D eigenvalue weighted by Crippen LogP contribution is -2.22. The van der Waals surface area contributed by atoms with Crippen LogP contribution in [0.15, 0.2) is 60.7 Å². The Morgan fingerprint density at radius 1 is 0.517 bits per heavy atom. The first-order chi connectivity index (χ1) is 13.9. The number of fused-ring (bicyclic) bond motifs is 3. The average molecular weight is 385 g/mol. The predicted octanol–water partition coefficient (Wildman–Crippen LogP) is 2.20. The van der Waals surface area contributed by atoms with E-state index in [4.69, 9.17) is 11.5 Å². The number of carbonyl (C=O) groups excluding carboxylic acids is 4. The molecule has 1 aliphatic heterocycles. The van der Waals surface area contributed by atoms with Gasteiger partial charge >= 0.3 is 0 Å². The van der Waals surface area contributed by atoms with E-state index in [1.54, 1.807) is 60.7 Å². The summed E-state index contributed by atoms with van der Waals surface area (Å²) in [6.45, 7) is 0. The third-order valence-electron chi connectivity index (χ3n) is 4.78. The van der Waals surface area contributed by atoms with Gasteiger partial charge < -0.3 is 11.5 Å². The summed E-state index contributed by atoms with van der Waals surface area (Å²) in [6, 6.07) is 16.6. The Balaban J connectivity index is 0.000000150. The van der Waals surface area contributed by atoms with Gasteiger partial charge in [-0.15, -0.1) is 0 Å². The fourth-order valence-electron chi connectivity index (χ4n) is 3.42. The molecule has 0 saturated heterocycles. The predicted molar refractivity (Wildman–Crippen MR) is 107 cm³/mol. The minimum atomic E-state index is -0.409. The second-order valence-corrected chi connectivity index (χ2v) is 6.53. The van der Waals surface area contributed by atoms with Gasteiger partial charge in [-0.25, -0.2) is 0 Å². The van der Waals surface area contributed by atoms with Crippen LogP contribution in [-0.4, -0.2) is 23.4 Å². The summed E-state index contributed by atoms with van der Waals surface area (Å²) in [6.07, 6.45) is 0. The normalized spacial score (nSPS) is 13.7. The molecule has 142 valence electrons. The van der Waals surface area contributed by atoms with Gasteiger partial charge in [0.15, 0.2) is 11.6 Å². The number of nitrogens with two attached hydrogens (primary N) is 2. The highest BCUT2D eigenvalue weighted by Gasteiger charge is 2.30. The van der Waals surface area contributed by atoms with E-state index in [9.17, 15) is 19.2 Å². The van der Waals surface area contributed by atoms with Gasteiger partial charge in [-0.2, -0.15) is 0 Å². The molecule has 1 heterocycles. The van der Waals surface area contributed by atoms with E-state index < -0.39 is 5.91 Å². The zero-order chi connectivity index (χ0) is 20.7. The molecule has 3 aromatic carbocycles. The molecule has 7 nitrogen and oxygen atoms in total. The molecule has 7 heteroatoms. The highest BCUT2D eigenvalue weighted by molar-refractivity contribution is 6.30. The van der Waals surface area contributed by atoms with Crippen molar-refractivity contribution >= 4 is 34.8 Å². The quantitative estimate of drug-likeness (QED) is 0.314. The van der Waals surface area contributed by atoms with E-state index in [-0.39, 0.29) is 17.5 Å². The molecular weight excluding hydrogens is 370 g/mol. The summed E-state index contributed by atoms with van der Waals surface area (Å²) < 4.78 is 0. The van der Waals surface area contributed by atoms with Crippen LogP contribution in [0.3, 0.4) is 0 Å². The summed E-state index contributed by atoms with van der Waals surface area (Å²) in [7, 11) is 0. The van der Waals surface area contributed by atoms with E-state index in [0.717, 1.165) is 0 Å². The Hall–Kier alpha value is -4.26. The van der Waals surface area contributed by atoms with Crippen molar-refractivity contribution in [3.8, 4) is 0 Å². The number of nitrogens with one attached hydrogen (secondary N) is 1. The van der Waals surface area contributed by atoms with Crippen molar-refractivity contribution in [1.82, 2.24) is 5.32 Å².